The van der Waals surface area contributed by atoms with Gasteiger partial charge in [-0.15, -0.1) is 11.3 Å². The van der Waals surface area contributed by atoms with E-state index in [-0.39, 0.29) is 23.0 Å². The molecule has 0 saturated heterocycles. The topological polar surface area (TPSA) is 119 Å². The molecule has 3 rings (SSSR count). The first-order chi connectivity index (χ1) is 15.7. The summed E-state index contributed by atoms with van der Waals surface area (Å²) in [5.41, 5.74) is 3.44. The average Bonchev–Trinajstić information content (AvgIpc) is 3.24. The third-order valence-electron chi connectivity index (χ3n) is 4.87. The molecule has 0 fully saturated rings. The van der Waals surface area contributed by atoms with Crippen molar-refractivity contribution in [2.24, 2.45) is 5.14 Å². The highest BCUT2D eigenvalue weighted by Gasteiger charge is 2.12. The van der Waals surface area contributed by atoms with Gasteiger partial charge in [-0.05, 0) is 36.1 Å². The van der Waals surface area contributed by atoms with Gasteiger partial charge in [-0.25, -0.2) is 18.5 Å². The summed E-state index contributed by atoms with van der Waals surface area (Å²) < 4.78 is 23.3. The van der Waals surface area contributed by atoms with Gasteiger partial charge < -0.3 is 5.32 Å². The van der Waals surface area contributed by atoms with Crippen LogP contribution >= 0.6 is 23.1 Å². The Labute approximate surface area is 201 Å². The number of aryl methyl sites for hydroxylation is 1. The second-order valence-electron chi connectivity index (χ2n) is 7.33. The standard InChI is InChI=1S/C23H25N3O4S3/c1-2-16-3-7-18(8-4-16)21(27)15-32-23-26-19(14-31-23)13-22(28)25-12-11-17-5-9-20(10-6-17)33(24,29)30/h3-10,14H,2,11-13,15H2,1H3,(H,25,28)(H2,24,29,30). The van der Waals surface area contributed by atoms with E-state index in [1.807, 2.05) is 29.6 Å². The van der Waals surface area contributed by atoms with Crippen LogP contribution in [0.3, 0.4) is 0 Å². The van der Waals surface area contributed by atoms with Gasteiger partial charge in [0.05, 0.1) is 22.8 Å². The molecule has 3 N–H and O–H groups in total. The van der Waals surface area contributed by atoms with E-state index in [9.17, 15) is 18.0 Å². The SMILES string of the molecule is CCc1ccc(C(=O)CSc2nc(CC(=O)NCCc3ccc(S(N)(=O)=O)cc3)cs2)cc1. The molecule has 0 unspecified atom stereocenters. The fraction of sp³-hybridized carbons (Fsp3) is 0.261. The highest BCUT2D eigenvalue weighted by atomic mass is 32.2. The summed E-state index contributed by atoms with van der Waals surface area (Å²) in [6.45, 7) is 2.50. The molecule has 0 atom stereocenters. The normalized spacial score (nSPS) is 11.3. The molecule has 1 aromatic heterocycles. The number of sulfonamides is 1. The van der Waals surface area contributed by atoms with E-state index in [2.05, 4.69) is 17.2 Å². The number of carbonyl (C=O) groups excluding carboxylic acids is 2. The zero-order valence-corrected chi connectivity index (χ0v) is 20.6. The van der Waals surface area contributed by atoms with Crippen LogP contribution < -0.4 is 10.5 Å². The van der Waals surface area contributed by atoms with Gasteiger partial charge in [0.15, 0.2) is 10.1 Å². The van der Waals surface area contributed by atoms with Gasteiger partial charge in [0.1, 0.15) is 0 Å². The fourth-order valence-corrected chi connectivity index (χ4v) is 5.25. The van der Waals surface area contributed by atoms with E-state index >= 15 is 0 Å². The van der Waals surface area contributed by atoms with Crippen LogP contribution in [0.25, 0.3) is 0 Å². The van der Waals surface area contributed by atoms with Crippen molar-refractivity contribution in [1.82, 2.24) is 10.3 Å². The van der Waals surface area contributed by atoms with Crippen LogP contribution in [0.5, 0.6) is 0 Å². The molecule has 0 spiro atoms. The maximum absolute atomic E-state index is 12.4. The van der Waals surface area contributed by atoms with Gasteiger partial charge in [-0.2, -0.15) is 0 Å². The van der Waals surface area contributed by atoms with Gasteiger partial charge in [0.2, 0.25) is 15.9 Å². The molecule has 3 aromatic rings. The number of thioether (sulfide) groups is 1. The Morgan fingerprint density at radius 2 is 1.73 bits per heavy atom. The summed E-state index contributed by atoms with van der Waals surface area (Å²) in [5.74, 6) is 0.203. The molecule has 0 radical (unpaired) electrons. The number of hydrogen-bond acceptors (Lipinski definition) is 7. The molecule has 1 amide bonds. The number of nitrogens with one attached hydrogen (secondary N) is 1. The number of thiazole rings is 1. The van der Waals surface area contributed by atoms with Gasteiger partial charge in [0, 0.05) is 17.5 Å². The van der Waals surface area contributed by atoms with Crippen molar-refractivity contribution in [3.8, 4) is 0 Å². The molecule has 33 heavy (non-hydrogen) atoms. The quantitative estimate of drug-likeness (QED) is 0.306. The predicted molar refractivity (Wildman–Crippen MR) is 131 cm³/mol. The molecule has 0 saturated carbocycles. The number of primary sulfonamides is 1. The van der Waals surface area contributed by atoms with Gasteiger partial charge in [0.25, 0.3) is 0 Å². The van der Waals surface area contributed by atoms with Crippen molar-refractivity contribution in [2.75, 3.05) is 12.3 Å². The molecule has 10 heteroatoms. The first kappa shape index (κ1) is 25.1. The highest BCUT2D eigenvalue weighted by Crippen LogP contribution is 2.24. The number of rotatable bonds is 11. The lowest BCUT2D eigenvalue weighted by Crippen LogP contribution is -2.27. The molecular weight excluding hydrogens is 478 g/mol. The molecule has 0 aliphatic rings. The van der Waals surface area contributed by atoms with Gasteiger partial charge >= 0.3 is 0 Å². The Hall–Kier alpha value is -2.53. The molecule has 0 aliphatic heterocycles. The second-order valence-corrected chi connectivity index (χ2v) is 11.0. The summed E-state index contributed by atoms with van der Waals surface area (Å²) in [6.07, 6.45) is 1.66. The van der Waals surface area contributed by atoms with Crippen molar-refractivity contribution in [3.63, 3.8) is 0 Å². The lowest BCUT2D eigenvalue weighted by molar-refractivity contribution is -0.120. The minimum Gasteiger partial charge on any atom is -0.355 e. The summed E-state index contributed by atoms with van der Waals surface area (Å²) in [6, 6.07) is 13.9. The van der Waals surface area contributed by atoms with Crippen LogP contribution in [0.1, 0.15) is 34.1 Å². The van der Waals surface area contributed by atoms with E-state index < -0.39 is 10.0 Å². The molecular formula is C23H25N3O4S3. The average molecular weight is 504 g/mol. The van der Waals surface area contributed by atoms with Gasteiger partial charge in [-0.3, -0.25) is 9.59 Å². The molecule has 1 heterocycles. The molecule has 7 nitrogen and oxygen atoms in total. The number of Topliss-reactive ketones (excluding diaryl/α,β-unsaturated/α-hetero) is 1. The number of carbonyl (C=O) groups is 2. The summed E-state index contributed by atoms with van der Waals surface area (Å²) in [7, 11) is -3.71. The Kier molecular flexibility index (Phi) is 8.79. The van der Waals surface area contributed by atoms with Gasteiger partial charge in [-0.1, -0.05) is 55.1 Å². The van der Waals surface area contributed by atoms with E-state index in [0.29, 0.717) is 30.0 Å². The Balaban J connectivity index is 1.41. The predicted octanol–water partition coefficient (Wildman–Crippen LogP) is 3.23. The van der Waals surface area contributed by atoms with Crippen molar-refractivity contribution in [1.29, 1.82) is 0 Å². The first-order valence-corrected chi connectivity index (χ1v) is 13.7. The van der Waals surface area contributed by atoms with Crippen LogP contribution in [-0.4, -0.2) is 37.4 Å². The van der Waals surface area contributed by atoms with E-state index in [4.69, 9.17) is 5.14 Å². The lowest BCUT2D eigenvalue weighted by Gasteiger charge is -2.05. The number of aromatic nitrogens is 1. The van der Waals surface area contributed by atoms with Crippen LogP contribution in [0.2, 0.25) is 0 Å². The Morgan fingerprint density at radius 3 is 2.36 bits per heavy atom. The minimum atomic E-state index is -3.71. The van der Waals surface area contributed by atoms with Crippen LogP contribution in [0, 0.1) is 0 Å². The summed E-state index contributed by atoms with van der Waals surface area (Å²) >= 11 is 2.79. The maximum atomic E-state index is 12.4. The zero-order valence-electron chi connectivity index (χ0n) is 18.1. The second kappa shape index (κ2) is 11.6. The molecule has 174 valence electrons. The highest BCUT2D eigenvalue weighted by molar-refractivity contribution is 8.01. The summed E-state index contributed by atoms with van der Waals surface area (Å²) in [5, 5.41) is 9.75. The van der Waals surface area contributed by atoms with E-state index in [0.717, 1.165) is 16.3 Å². The maximum Gasteiger partial charge on any atom is 0.238 e. The van der Waals surface area contributed by atoms with Crippen molar-refractivity contribution < 1.29 is 18.0 Å². The van der Waals surface area contributed by atoms with Crippen LogP contribution in [0.4, 0.5) is 0 Å². The van der Waals surface area contributed by atoms with Crippen LogP contribution in [0.15, 0.2) is 63.1 Å². The molecule has 0 aliphatic carbocycles. The minimum absolute atomic E-state index is 0.0502. The van der Waals surface area contributed by atoms with Crippen LogP contribution in [-0.2, 0) is 34.1 Å². The fourth-order valence-electron chi connectivity index (χ4n) is 2.99. The van der Waals surface area contributed by atoms with E-state index in [1.54, 1.807) is 12.1 Å². The number of amides is 1. The zero-order chi connectivity index (χ0) is 23.8. The molecule has 0 bridgehead atoms. The number of nitrogens with two attached hydrogens (primary N) is 1. The monoisotopic (exact) mass is 503 g/mol. The number of ketones is 1. The molecule has 2 aromatic carbocycles. The lowest BCUT2D eigenvalue weighted by atomic mass is 10.1. The number of hydrogen-bond donors (Lipinski definition) is 2. The number of nitrogens with zero attached hydrogens (tertiary/aromatic N) is 1. The largest absolute Gasteiger partial charge is 0.355 e. The van der Waals surface area contributed by atoms with Crippen molar-refractivity contribution in [2.45, 2.75) is 35.4 Å². The van der Waals surface area contributed by atoms with Crippen molar-refractivity contribution in [3.05, 3.63) is 76.3 Å². The first-order valence-electron chi connectivity index (χ1n) is 10.3. The smallest absolute Gasteiger partial charge is 0.238 e. The van der Waals surface area contributed by atoms with Crippen molar-refractivity contribution >= 4 is 44.8 Å². The third kappa shape index (κ3) is 7.78. The third-order valence-corrected chi connectivity index (χ3v) is 7.87. The Morgan fingerprint density at radius 1 is 1.06 bits per heavy atom. The summed E-state index contributed by atoms with van der Waals surface area (Å²) in [4.78, 5) is 29.1. The van der Waals surface area contributed by atoms with E-state index in [1.165, 1.54) is 40.8 Å². The Bertz CT molecular complexity index is 1200. The number of benzene rings is 2.